The SMILES string of the molecule is CCNC(c1ccc(F)c(F)c1)C(F)(F)F. The lowest BCUT2D eigenvalue weighted by Gasteiger charge is -2.21. The molecule has 0 bridgehead atoms. The van der Waals surface area contributed by atoms with Gasteiger partial charge in [0.15, 0.2) is 11.6 Å². The number of benzene rings is 1. The van der Waals surface area contributed by atoms with E-state index in [0.717, 1.165) is 6.07 Å². The fraction of sp³-hybridized carbons (Fsp3) is 0.400. The fourth-order valence-electron chi connectivity index (χ4n) is 1.32. The van der Waals surface area contributed by atoms with Crippen molar-refractivity contribution in [3.05, 3.63) is 35.4 Å². The smallest absolute Gasteiger partial charge is 0.303 e. The second-order valence-electron chi connectivity index (χ2n) is 3.21. The minimum atomic E-state index is -4.54. The third-order valence-electron chi connectivity index (χ3n) is 2.01. The van der Waals surface area contributed by atoms with E-state index in [1.807, 2.05) is 0 Å². The van der Waals surface area contributed by atoms with Gasteiger partial charge in [-0.25, -0.2) is 8.78 Å². The predicted molar refractivity (Wildman–Crippen MR) is 48.8 cm³/mol. The van der Waals surface area contributed by atoms with Gasteiger partial charge >= 0.3 is 6.18 Å². The van der Waals surface area contributed by atoms with Crippen LogP contribution in [-0.4, -0.2) is 12.7 Å². The van der Waals surface area contributed by atoms with Gasteiger partial charge in [0.05, 0.1) is 0 Å². The van der Waals surface area contributed by atoms with E-state index in [1.54, 1.807) is 0 Å². The molecule has 0 radical (unpaired) electrons. The van der Waals surface area contributed by atoms with Crippen molar-refractivity contribution in [1.82, 2.24) is 5.32 Å². The Labute approximate surface area is 89.3 Å². The standard InChI is InChI=1S/C10H10F5N/c1-2-16-9(10(13,14)15)6-3-4-7(11)8(12)5-6/h3-5,9,16H,2H2,1H3. The van der Waals surface area contributed by atoms with E-state index < -0.39 is 23.9 Å². The molecule has 0 saturated heterocycles. The van der Waals surface area contributed by atoms with Gasteiger partial charge in [-0.15, -0.1) is 0 Å². The highest BCUT2D eigenvalue weighted by molar-refractivity contribution is 5.22. The molecule has 0 aromatic heterocycles. The van der Waals surface area contributed by atoms with Crippen molar-refractivity contribution in [3.63, 3.8) is 0 Å². The number of hydrogen-bond acceptors (Lipinski definition) is 1. The quantitative estimate of drug-likeness (QED) is 0.799. The van der Waals surface area contributed by atoms with Crippen LogP contribution < -0.4 is 5.32 Å². The molecule has 16 heavy (non-hydrogen) atoms. The molecule has 1 N–H and O–H groups in total. The molecule has 0 spiro atoms. The highest BCUT2D eigenvalue weighted by Crippen LogP contribution is 2.32. The first kappa shape index (κ1) is 12.9. The van der Waals surface area contributed by atoms with E-state index in [-0.39, 0.29) is 12.1 Å². The molecule has 1 atom stereocenters. The van der Waals surface area contributed by atoms with Crippen LogP contribution in [0.25, 0.3) is 0 Å². The van der Waals surface area contributed by atoms with Gasteiger partial charge < -0.3 is 5.32 Å². The van der Waals surface area contributed by atoms with Crippen LogP contribution in [0.5, 0.6) is 0 Å². The van der Waals surface area contributed by atoms with Crippen LogP contribution in [0, 0.1) is 11.6 Å². The first-order valence-corrected chi connectivity index (χ1v) is 4.61. The van der Waals surface area contributed by atoms with Crippen LogP contribution in [0.4, 0.5) is 22.0 Å². The summed E-state index contributed by atoms with van der Waals surface area (Å²) >= 11 is 0. The van der Waals surface area contributed by atoms with Crippen molar-refractivity contribution in [2.24, 2.45) is 0 Å². The molecule has 90 valence electrons. The maximum atomic E-state index is 12.8. The van der Waals surface area contributed by atoms with Crippen molar-refractivity contribution in [3.8, 4) is 0 Å². The second-order valence-corrected chi connectivity index (χ2v) is 3.21. The van der Waals surface area contributed by atoms with E-state index in [1.165, 1.54) is 6.92 Å². The zero-order chi connectivity index (χ0) is 12.3. The zero-order valence-corrected chi connectivity index (χ0v) is 8.41. The Bertz CT molecular complexity index is 361. The van der Waals surface area contributed by atoms with Gasteiger partial charge in [0.1, 0.15) is 6.04 Å². The number of halogens is 5. The third-order valence-corrected chi connectivity index (χ3v) is 2.01. The molecule has 1 aromatic carbocycles. The van der Waals surface area contributed by atoms with Gasteiger partial charge in [-0.05, 0) is 24.2 Å². The Morgan fingerprint density at radius 1 is 1.19 bits per heavy atom. The molecule has 0 aliphatic heterocycles. The number of alkyl halides is 3. The Morgan fingerprint density at radius 3 is 2.25 bits per heavy atom. The van der Waals surface area contributed by atoms with Gasteiger partial charge in [0, 0.05) is 0 Å². The fourth-order valence-corrected chi connectivity index (χ4v) is 1.32. The maximum absolute atomic E-state index is 12.8. The van der Waals surface area contributed by atoms with Crippen LogP contribution in [-0.2, 0) is 0 Å². The van der Waals surface area contributed by atoms with E-state index in [0.29, 0.717) is 12.1 Å². The third kappa shape index (κ3) is 2.91. The normalized spacial score (nSPS) is 13.9. The molecule has 0 heterocycles. The molecule has 0 aliphatic carbocycles. The van der Waals surface area contributed by atoms with Gasteiger partial charge in [0.25, 0.3) is 0 Å². The van der Waals surface area contributed by atoms with E-state index in [4.69, 9.17) is 0 Å². The monoisotopic (exact) mass is 239 g/mol. The van der Waals surface area contributed by atoms with Crippen LogP contribution in [0.2, 0.25) is 0 Å². The Morgan fingerprint density at radius 2 is 1.81 bits per heavy atom. The lowest BCUT2D eigenvalue weighted by molar-refractivity contribution is -0.157. The summed E-state index contributed by atoms with van der Waals surface area (Å²) in [7, 11) is 0. The maximum Gasteiger partial charge on any atom is 0.407 e. The van der Waals surface area contributed by atoms with Gasteiger partial charge in [0.2, 0.25) is 0 Å². The van der Waals surface area contributed by atoms with Crippen molar-refractivity contribution >= 4 is 0 Å². The van der Waals surface area contributed by atoms with Crippen molar-refractivity contribution < 1.29 is 22.0 Å². The summed E-state index contributed by atoms with van der Waals surface area (Å²) in [6.07, 6.45) is -4.54. The summed E-state index contributed by atoms with van der Waals surface area (Å²) in [5, 5.41) is 2.17. The molecular formula is C10H10F5N. The molecular weight excluding hydrogens is 229 g/mol. The average molecular weight is 239 g/mol. The largest absolute Gasteiger partial charge is 0.407 e. The second kappa shape index (κ2) is 4.78. The van der Waals surface area contributed by atoms with Crippen LogP contribution >= 0.6 is 0 Å². The Kier molecular flexibility index (Phi) is 3.85. The topological polar surface area (TPSA) is 12.0 Å². The van der Waals surface area contributed by atoms with E-state index >= 15 is 0 Å². The molecule has 1 aromatic rings. The Hall–Kier alpha value is -1.17. The van der Waals surface area contributed by atoms with Crippen LogP contribution in [0.1, 0.15) is 18.5 Å². The molecule has 1 unspecified atom stereocenters. The van der Waals surface area contributed by atoms with E-state index in [9.17, 15) is 22.0 Å². The minimum Gasteiger partial charge on any atom is -0.303 e. The first-order chi connectivity index (χ1) is 7.36. The lowest BCUT2D eigenvalue weighted by Crippen LogP contribution is -2.34. The van der Waals surface area contributed by atoms with Gasteiger partial charge in [-0.1, -0.05) is 13.0 Å². The minimum absolute atomic E-state index is 0.0726. The number of hydrogen-bond donors (Lipinski definition) is 1. The lowest BCUT2D eigenvalue weighted by atomic mass is 10.1. The molecule has 1 rings (SSSR count). The summed E-state index contributed by atoms with van der Waals surface area (Å²) in [5.74, 6) is -2.45. The molecule has 0 amide bonds. The van der Waals surface area contributed by atoms with Crippen molar-refractivity contribution in [2.75, 3.05) is 6.54 Å². The molecule has 0 fully saturated rings. The van der Waals surface area contributed by atoms with E-state index in [2.05, 4.69) is 5.32 Å². The number of nitrogens with one attached hydrogen (secondary N) is 1. The first-order valence-electron chi connectivity index (χ1n) is 4.61. The van der Waals surface area contributed by atoms with Gasteiger partial charge in [-0.2, -0.15) is 13.2 Å². The molecule has 0 saturated carbocycles. The Balaban J connectivity index is 3.06. The highest BCUT2D eigenvalue weighted by Gasteiger charge is 2.40. The molecule has 1 nitrogen and oxygen atoms in total. The highest BCUT2D eigenvalue weighted by atomic mass is 19.4. The molecule has 0 aliphatic rings. The summed E-state index contributed by atoms with van der Waals surface area (Å²) in [4.78, 5) is 0. The summed E-state index contributed by atoms with van der Waals surface area (Å²) < 4.78 is 63.0. The predicted octanol–water partition coefficient (Wildman–Crippen LogP) is 3.18. The summed E-state index contributed by atoms with van der Waals surface area (Å²) in [6.45, 7) is 1.57. The molecule has 6 heteroatoms. The average Bonchev–Trinajstić information content (AvgIpc) is 2.17. The van der Waals surface area contributed by atoms with Gasteiger partial charge in [-0.3, -0.25) is 0 Å². The number of rotatable bonds is 3. The summed E-state index contributed by atoms with van der Waals surface area (Å²) in [5.41, 5.74) is -0.340. The summed E-state index contributed by atoms with van der Waals surface area (Å²) in [6, 6.07) is 0.170. The zero-order valence-electron chi connectivity index (χ0n) is 8.41. The van der Waals surface area contributed by atoms with Crippen LogP contribution in [0.3, 0.4) is 0 Å². The van der Waals surface area contributed by atoms with Crippen molar-refractivity contribution in [2.45, 2.75) is 19.1 Å². The van der Waals surface area contributed by atoms with Crippen LogP contribution in [0.15, 0.2) is 18.2 Å². The van der Waals surface area contributed by atoms with Crippen molar-refractivity contribution in [1.29, 1.82) is 0 Å².